The monoisotopic (exact) mass is 268 g/mol. The molecular weight excluding hydrogens is 252 g/mol. The number of amides is 1. The highest BCUT2D eigenvalue weighted by molar-refractivity contribution is 5.93. The molecule has 0 aromatic carbocycles. The average Bonchev–Trinajstić information content (AvgIpc) is 2.88. The Kier molecular flexibility index (Phi) is 4.13. The van der Waals surface area contributed by atoms with Gasteiger partial charge in [0.1, 0.15) is 0 Å². The van der Waals surface area contributed by atoms with E-state index < -0.39 is 4.92 Å². The van der Waals surface area contributed by atoms with Crippen LogP contribution in [-0.2, 0) is 4.74 Å². The van der Waals surface area contributed by atoms with Crippen molar-refractivity contribution in [2.45, 2.75) is 6.10 Å². The Labute approximate surface area is 109 Å². The Balaban J connectivity index is 2.03. The first kappa shape index (κ1) is 13.5. The van der Waals surface area contributed by atoms with Crippen LogP contribution in [0.3, 0.4) is 0 Å². The van der Waals surface area contributed by atoms with Crippen LogP contribution < -0.4 is 5.32 Å². The zero-order chi connectivity index (χ0) is 13.8. The summed E-state index contributed by atoms with van der Waals surface area (Å²) >= 11 is 0. The fourth-order valence-corrected chi connectivity index (χ4v) is 2.04. The summed E-state index contributed by atoms with van der Waals surface area (Å²) in [6.45, 7) is 2.11. The normalized spacial score (nSPS) is 19.4. The minimum absolute atomic E-state index is 0.0485. The quantitative estimate of drug-likeness (QED) is 0.590. The maximum absolute atomic E-state index is 12.2. The summed E-state index contributed by atoms with van der Waals surface area (Å²) < 4.78 is 5.50. The number of nitrogens with one attached hydrogen (secondary N) is 2. The lowest BCUT2D eigenvalue weighted by Gasteiger charge is -2.32. The lowest BCUT2D eigenvalue weighted by atomic mass is 10.2. The third-order valence-electron chi connectivity index (χ3n) is 2.96. The number of likely N-dealkylation sites (N-methyl/N-ethyl adjacent to an activating group) is 1. The van der Waals surface area contributed by atoms with Crippen LogP contribution in [0.1, 0.15) is 10.5 Å². The molecule has 19 heavy (non-hydrogen) atoms. The highest BCUT2D eigenvalue weighted by atomic mass is 16.6. The third kappa shape index (κ3) is 3.09. The number of nitrogens with zero attached hydrogens (tertiary/aromatic N) is 2. The van der Waals surface area contributed by atoms with Gasteiger partial charge in [0.05, 0.1) is 12.7 Å². The van der Waals surface area contributed by atoms with Crippen molar-refractivity contribution in [2.75, 3.05) is 33.3 Å². The number of ether oxygens (including phenoxy) is 1. The summed E-state index contributed by atoms with van der Waals surface area (Å²) in [6, 6.07) is 2.72. The number of aromatic amines is 1. The van der Waals surface area contributed by atoms with E-state index in [1.807, 2.05) is 7.05 Å². The molecular formula is C11H16N4O4. The molecule has 8 heteroatoms. The summed E-state index contributed by atoms with van der Waals surface area (Å²) in [5.74, 6) is -0.416. The van der Waals surface area contributed by atoms with E-state index in [-0.39, 0.29) is 23.5 Å². The van der Waals surface area contributed by atoms with Crippen LogP contribution >= 0.6 is 0 Å². The smallest absolute Gasteiger partial charge is 0.321 e. The van der Waals surface area contributed by atoms with Gasteiger partial charge in [-0.3, -0.25) is 4.79 Å². The number of carbonyl (C=O) groups is 1. The van der Waals surface area contributed by atoms with Gasteiger partial charge in [-0.1, -0.05) is 0 Å². The van der Waals surface area contributed by atoms with E-state index in [0.29, 0.717) is 26.2 Å². The summed E-state index contributed by atoms with van der Waals surface area (Å²) in [6.07, 6.45) is -0.0485. The highest BCUT2D eigenvalue weighted by Gasteiger charge is 2.27. The molecule has 0 bridgehead atoms. The molecule has 0 saturated carbocycles. The minimum Gasteiger partial charge on any atom is -0.373 e. The summed E-state index contributed by atoms with van der Waals surface area (Å²) in [4.78, 5) is 26.3. The van der Waals surface area contributed by atoms with Crippen molar-refractivity contribution in [3.05, 3.63) is 27.9 Å². The van der Waals surface area contributed by atoms with Gasteiger partial charge >= 0.3 is 5.82 Å². The van der Waals surface area contributed by atoms with Crippen molar-refractivity contribution in [3.63, 3.8) is 0 Å². The van der Waals surface area contributed by atoms with Crippen LogP contribution in [0.4, 0.5) is 5.82 Å². The molecule has 8 nitrogen and oxygen atoms in total. The molecule has 0 radical (unpaired) electrons. The number of hydrogen-bond donors (Lipinski definition) is 2. The molecule has 2 N–H and O–H groups in total. The Hall–Kier alpha value is -1.93. The van der Waals surface area contributed by atoms with Crippen molar-refractivity contribution in [1.29, 1.82) is 0 Å². The number of morpholine rings is 1. The largest absolute Gasteiger partial charge is 0.373 e. The summed E-state index contributed by atoms with van der Waals surface area (Å²) in [5.41, 5.74) is 0.233. The Morgan fingerprint density at radius 1 is 1.68 bits per heavy atom. The van der Waals surface area contributed by atoms with Gasteiger partial charge in [-0.05, 0) is 18.0 Å². The first-order chi connectivity index (χ1) is 9.11. The maximum Gasteiger partial charge on any atom is 0.321 e. The molecule has 1 saturated heterocycles. The van der Waals surface area contributed by atoms with Gasteiger partial charge in [-0.2, -0.15) is 0 Å². The molecule has 1 aliphatic heterocycles. The van der Waals surface area contributed by atoms with Crippen molar-refractivity contribution in [2.24, 2.45) is 0 Å². The van der Waals surface area contributed by atoms with E-state index in [4.69, 9.17) is 4.74 Å². The third-order valence-corrected chi connectivity index (χ3v) is 2.96. The van der Waals surface area contributed by atoms with Gasteiger partial charge in [0.2, 0.25) is 0 Å². The van der Waals surface area contributed by atoms with Gasteiger partial charge < -0.3 is 25.1 Å². The van der Waals surface area contributed by atoms with E-state index >= 15 is 0 Å². The van der Waals surface area contributed by atoms with Gasteiger partial charge in [0.25, 0.3) is 5.91 Å². The van der Waals surface area contributed by atoms with Crippen molar-refractivity contribution < 1.29 is 14.5 Å². The van der Waals surface area contributed by atoms with Gasteiger partial charge in [-0.25, -0.2) is 4.98 Å². The molecule has 2 heterocycles. The molecule has 1 amide bonds. The zero-order valence-corrected chi connectivity index (χ0v) is 10.6. The molecule has 1 aromatic rings. The van der Waals surface area contributed by atoms with E-state index in [2.05, 4.69) is 10.3 Å². The molecule has 1 atom stereocenters. The van der Waals surface area contributed by atoms with Crippen LogP contribution in [0.15, 0.2) is 12.1 Å². The predicted octanol–water partition coefficient (Wildman–Crippen LogP) is -0.0167. The molecule has 104 valence electrons. The molecule has 2 rings (SSSR count). The number of nitro groups is 1. The SMILES string of the molecule is CNCC1CN(C(=O)c2ccc([N+](=O)[O-])[nH]2)CCO1. The second-order valence-electron chi connectivity index (χ2n) is 4.32. The second-order valence-corrected chi connectivity index (χ2v) is 4.32. The molecule has 1 fully saturated rings. The van der Waals surface area contributed by atoms with Crippen molar-refractivity contribution in [1.82, 2.24) is 15.2 Å². The fourth-order valence-electron chi connectivity index (χ4n) is 2.04. The first-order valence-electron chi connectivity index (χ1n) is 6.00. The van der Waals surface area contributed by atoms with E-state index in [9.17, 15) is 14.9 Å². The van der Waals surface area contributed by atoms with Gasteiger partial charge in [0, 0.05) is 25.7 Å². The Morgan fingerprint density at radius 3 is 3.11 bits per heavy atom. The van der Waals surface area contributed by atoms with Crippen molar-refractivity contribution >= 4 is 11.7 Å². The van der Waals surface area contributed by atoms with Crippen LogP contribution in [0.2, 0.25) is 0 Å². The number of H-pyrrole nitrogens is 1. The van der Waals surface area contributed by atoms with Gasteiger partial charge in [-0.15, -0.1) is 0 Å². The lowest BCUT2D eigenvalue weighted by molar-refractivity contribution is -0.389. The minimum atomic E-state index is -0.556. The van der Waals surface area contributed by atoms with Crippen LogP contribution in [0.5, 0.6) is 0 Å². The second kappa shape index (κ2) is 5.81. The molecule has 1 aromatic heterocycles. The number of hydrogen-bond acceptors (Lipinski definition) is 5. The average molecular weight is 268 g/mol. The van der Waals surface area contributed by atoms with E-state index in [0.717, 1.165) is 0 Å². The van der Waals surface area contributed by atoms with E-state index in [1.54, 1.807) is 4.90 Å². The predicted molar refractivity (Wildman–Crippen MR) is 67.0 cm³/mol. The molecule has 1 aliphatic rings. The van der Waals surface area contributed by atoms with Crippen molar-refractivity contribution in [3.8, 4) is 0 Å². The molecule has 0 aliphatic carbocycles. The van der Waals surface area contributed by atoms with Gasteiger partial charge in [0.15, 0.2) is 5.69 Å². The summed E-state index contributed by atoms with van der Waals surface area (Å²) in [7, 11) is 1.82. The number of rotatable bonds is 4. The first-order valence-corrected chi connectivity index (χ1v) is 6.00. The summed E-state index contributed by atoms with van der Waals surface area (Å²) in [5, 5.41) is 13.6. The van der Waals surface area contributed by atoms with E-state index in [1.165, 1.54) is 12.1 Å². The topological polar surface area (TPSA) is 101 Å². The Bertz CT molecular complexity index is 471. The van der Waals surface area contributed by atoms with Crippen LogP contribution in [0.25, 0.3) is 0 Å². The van der Waals surface area contributed by atoms with Crippen LogP contribution in [0, 0.1) is 10.1 Å². The highest BCUT2D eigenvalue weighted by Crippen LogP contribution is 2.14. The Morgan fingerprint density at radius 2 is 2.47 bits per heavy atom. The fraction of sp³-hybridized carbons (Fsp3) is 0.545. The van der Waals surface area contributed by atoms with Crippen LogP contribution in [-0.4, -0.2) is 60.1 Å². The standard InChI is InChI=1S/C11H16N4O4/c1-12-6-8-7-14(4-5-19-8)11(16)9-2-3-10(13-9)15(17)18/h2-3,8,12-13H,4-7H2,1H3. The number of aromatic nitrogens is 1. The number of carbonyl (C=O) groups excluding carboxylic acids is 1. The molecule has 0 spiro atoms. The maximum atomic E-state index is 12.2. The zero-order valence-electron chi connectivity index (χ0n) is 10.6. The lowest BCUT2D eigenvalue weighted by Crippen LogP contribution is -2.48. The molecule has 1 unspecified atom stereocenters.